The average molecular weight is 346 g/mol. The van der Waals surface area contributed by atoms with Crippen molar-refractivity contribution in [3.05, 3.63) is 64.2 Å². The lowest BCUT2D eigenvalue weighted by molar-refractivity contribution is 0.0599. The van der Waals surface area contributed by atoms with Gasteiger partial charge in [-0.05, 0) is 24.3 Å². The molecule has 0 bridgehead atoms. The van der Waals surface area contributed by atoms with Gasteiger partial charge in [-0.25, -0.2) is 4.79 Å². The summed E-state index contributed by atoms with van der Waals surface area (Å²) in [7, 11) is 1.33. The van der Waals surface area contributed by atoms with Crippen LogP contribution in [0.15, 0.2) is 42.5 Å². The molecule has 1 heterocycles. The van der Waals surface area contributed by atoms with Gasteiger partial charge in [-0.3, -0.25) is 4.79 Å². The molecule has 5 nitrogen and oxygen atoms in total. The van der Waals surface area contributed by atoms with E-state index >= 15 is 0 Å². The highest BCUT2D eigenvalue weighted by Gasteiger charge is 2.25. The van der Waals surface area contributed by atoms with Crippen molar-refractivity contribution in [2.75, 3.05) is 13.7 Å². The van der Waals surface area contributed by atoms with E-state index in [1.807, 2.05) is 0 Å². The summed E-state index contributed by atoms with van der Waals surface area (Å²) >= 11 is 6.07. The van der Waals surface area contributed by atoms with E-state index in [2.05, 4.69) is 5.32 Å². The Morgan fingerprint density at radius 1 is 1.25 bits per heavy atom. The maximum absolute atomic E-state index is 12.5. The van der Waals surface area contributed by atoms with Crippen LogP contribution in [0, 0.1) is 0 Å². The van der Waals surface area contributed by atoms with Gasteiger partial charge in [-0.15, -0.1) is 0 Å². The molecule has 2 aromatic rings. The second kappa shape index (κ2) is 6.93. The molecule has 1 N–H and O–H groups in total. The van der Waals surface area contributed by atoms with E-state index in [9.17, 15) is 9.59 Å². The van der Waals surface area contributed by atoms with Crippen molar-refractivity contribution in [2.45, 2.75) is 12.5 Å². The molecule has 0 fully saturated rings. The second-order valence-electron chi connectivity index (χ2n) is 5.39. The predicted octanol–water partition coefficient (Wildman–Crippen LogP) is 3.38. The molecule has 0 saturated heterocycles. The van der Waals surface area contributed by atoms with E-state index in [4.69, 9.17) is 21.1 Å². The lowest BCUT2D eigenvalue weighted by Crippen LogP contribution is -2.32. The first-order chi connectivity index (χ1) is 11.6. The van der Waals surface area contributed by atoms with Gasteiger partial charge in [0.05, 0.1) is 35.9 Å². The van der Waals surface area contributed by atoms with Gasteiger partial charge >= 0.3 is 5.97 Å². The van der Waals surface area contributed by atoms with Crippen molar-refractivity contribution in [3.8, 4) is 5.75 Å². The summed E-state index contributed by atoms with van der Waals surface area (Å²) in [5.41, 5.74) is 1.67. The third kappa shape index (κ3) is 3.21. The molecule has 124 valence electrons. The Morgan fingerprint density at radius 3 is 2.79 bits per heavy atom. The van der Waals surface area contributed by atoms with Gasteiger partial charge < -0.3 is 14.8 Å². The minimum atomic E-state index is -0.427. The highest BCUT2D eigenvalue weighted by atomic mass is 35.5. The molecule has 2 aromatic carbocycles. The number of hydrogen-bond acceptors (Lipinski definition) is 4. The number of halogens is 1. The molecular weight excluding hydrogens is 330 g/mol. The minimum Gasteiger partial charge on any atom is -0.493 e. The zero-order valence-corrected chi connectivity index (χ0v) is 13.8. The van der Waals surface area contributed by atoms with Crippen molar-refractivity contribution in [1.82, 2.24) is 5.32 Å². The van der Waals surface area contributed by atoms with E-state index < -0.39 is 5.97 Å². The number of amides is 1. The first-order valence-corrected chi connectivity index (χ1v) is 7.88. The molecule has 0 spiro atoms. The van der Waals surface area contributed by atoms with Crippen LogP contribution in [0.5, 0.6) is 5.75 Å². The summed E-state index contributed by atoms with van der Waals surface area (Å²) < 4.78 is 10.3. The lowest BCUT2D eigenvalue weighted by Gasteiger charge is -2.27. The van der Waals surface area contributed by atoms with E-state index in [0.29, 0.717) is 34.9 Å². The standard InChI is InChI=1S/C18H16ClNO4/c1-23-18(22)11-6-7-13-15(8-9-24-16(13)10-11)20-17(21)12-4-2-3-5-14(12)19/h2-7,10,15H,8-9H2,1H3,(H,20,21)/t15-/m1/s1. The maximum Gasteiger partial charge on any atom is 0.337 e. The quantitative estimate of drug-likeness (QED) is 0.866. The highest BCUT2D eigenvalue weighted by molar-refractivity contribution is 6.33. The number of methoxy groups -OCH3 is 1. The number of ether oxygens (including phenoxy) is 2. The summed E-state index contributed by atoms with van der Waals surface area (Å²) in [5, 5.41) is 3.38. The van der Waals surface area contributed by atoms with E-state index in [0.717, 1.165) is 5.56 Å². The van der Waals surface area contributed by atoms with Gasteiger partial charge in [0.1, 0.15) is 5.75 Å². The van der Waals surface area contributed by atoms with Crippen LogP contribution in [0.25, 0.3) is 0 Å². The first-order valence-electron chi connectivity index (χ1n) is 7.50. The van der Waals surface area contributed by atoms with Crippen LogP contribution in [0.1, 0.15) is 38.7 Å². The highest BCUT2D eigenvalue weighted by Crippen LogP contribution is 2.33. The SMILES string of the molecule is COC(=O)c1ccc2c(c1)OCC[C@H]2NC(=O)c1ccccc1Cl. The molecule has 1 atom stereocenters. The number of rotatable bonds is 3. The van der Waals surface area contributed by atoms with Crippen LogP contribution in [-0.4, -0.2) is 25.6 Å². The normalized spacial score (nSPS) is 15.8. The van der Waals surface area contributed by atoms with Gasteiger partial charge in [0.2, 0.25) is 0 Å². The average Bonchev–Trinajstić information content (AvgIpc) is 2.61. The molecule has 0 saturated carbocycles. The van der Waals surface area contributed by atoms with Crippen LogP contribution < -0.4 is 10.1 Å². The van der Waals surface area contributed by atoms with Crippen LogP contribution in [0.3, 0.4) is 0 Å². The van der Waals surface area contributed by atoms with Crippen molar-refractivity contribution in [2.24, 2.45) is 0 Å². The van der Waals surface area contributed by atoms with Gasteiger partial charge in [0.15, 0.2) is 0 Å². The minimum absolute atomic E-state index is 0.204. The number of benzene rings is 2. The van der Waals surface area contributed by atoms with Crippen molar-refractivity contribution in [1.29, 1.82) is 0 Å². The monoisotopic (exact) mass is 345 g/mol. The molecule has 1 aliphatic heterocycles. The first kappa shape index (κ1) is 16.3. The zero-order valence-electron chi connectivity index (χ0n) is 13.0. The van der Waals surface area contributed by atoms with Crippen LogP contribution in [0.2, 0.25) is 5.02 Å². The number of fused-ring (bicyclic) bond motifs is 1. The number of nitrogens with one attached hydrogen (secondary N) is 1. The summed E-state index contributed by atoms with van der Waals surface area (Å²) in [6, 6.07) is 11.8. The molecule has 24 heavy (non-hydrogen) atoms. The third-order valence-electron chi connectivity index (χ3n) is 3.90. The second-order valence-corrected chi connectivity index (χ2v) is 5.79. The largest absolute Gasteiger partial charge is 0.493 e. The summed E-state index contributed by atoms with van der Waals surface area (Å²) in [6.07, 6.45) is 0.640. The van der Waals surface area contributed by atoms with Crippen LogP contribution >= 0.6 is 11.6 Å². The molecule has 6 heteroatoms. The molecule has 0 unspecified atom stereocenters. The Kier molecular flexibility index (Phi) is 4.71. The zero-order chi connectivity index (χ0) is 17.1. The van der Waals surface area contributed by atoms with Gasteiger partial charge in [-0.2, -0.15) is 0 Å². The smallest absolute Gasteiger partial charge is 0.337 e. The fourth-order valence-electron chi connectivity index (χ4n) is 2.67. The molecule has 0 radical (unpaired) electrons. The topological polar surface area (TPSA) is 64.6 Å². The van der Waals surface area contributed by atoms with Gasteiger partial charge in [0.25, 0.3) is 5.91 Å². The van der Waals surface area contributed by atoms with Crippen molar-refractivity contribution < 1.29 is 19.1 Å². The predicted molar refractivity (Wildman–Crippen MR) is 89.6 cm³/mol. The Hall–Kier alpha value is -2.53. The third-order valence-corrected chi connectivity index (χ3v) is 4.23. The number of esters is 1. The van der Waals surface area contributed by atoms with E-state index in [-0.39, 0.29) is 11.9 Å². The van der Waals surface area contributed by atoms with Crippen molar-refractivity contribution in [3.63, 3.8) is 0 Å². The Labute approximate surface area is 144 Å². The van der Waals surface area contributed by atoms with Crippen LogP contribution in [0.4, 0.5) is 0 Å². The van der Waals surface area contributed by atoms with Gasteiger partial charge in [0, 0.05) is 12.0 Å². The Morgan fingerprint density at radius 2 is 2.04 bits per heavy atom. The number of carbonyl (C=O) groups is 2. The van der Waals surface area contributed by atoms with E-state index in [1.165, 1.54) is 7.11 Å². The summed E-state index contributed by atoms with van der Waals surface area (Å²) in [4.78, 5) is 24.1. The fourth-order valence-corrected chi connectivity index (χ4v) is 2.89. The Balaban J connectivity index is 1.83. The maximum atomic E-state index is 12.5. The van der Waals surface area contributed by atoms with Crippen molar-refractivity contribution >= 4 is 23.5 Å². The molecule has 1 amide bonds. The van der Waals surface area contributed by atoms with E-state index in [1.54, 1.807) is 42.5 Å². The molecule has 0 aromatic heterocycles. The molecule has 1 aliphatic rings. The van der Waals surface area contributed by atoms with Crippen LogP contribution in [-0.2, 0) is 4.74 Å². The molecule has 3 rings (SSSR count). The number of hydrogen-bond donors (Lipinski definition) is 1. The van der Waals surface area contributed by atoms with Gasteiger partial charge in [-0.1, -0.05) is 29.8 Å². The molecule has 0 aliphatic carbocycles. The summed E-state index contributed by atoms with van der Waals surface area (Å²) in [5.74, 6) is -0.0901. The number of carbonyl (C=O) groups excluding carboxylic acids is 2. The molecular formula is C18H16ClNO4. The Bertz CT molecular complexity index is 790. The summed E-state index contributed by atoms with van der Waals surface area (Å²) in [6.45, 7) is 0.449. The fraction of sp³-hybridized carbons (Fsp3) is 0.222. The lowest BCUT2D eigenvalue weighted by atomic mass is 9.98.